The highest BCUT2D eigenvalue weighted by atomic mass is 35.5. The molecule has 0 fully saturated rings. The summed E-state index contributed by atoms with van der Waals surface area (Å²) >= 11 is 18.3. The van der Waals surface area contributed by atoms with Crippen LogP contribution < -0.4 is 11.2 Å². The van der Waals surface area contributed by atoms with Crippen LogP contribution in [0.25, 0.3) is 16.7 Å². The Morgan fingerprint density at radius 1 is 1.14 bits per heavy atom. The Hall–Kier alpha value is -1.76. The average molecular weight is 360 g/mol. The van der Waals surface area contributed by atoms with E-state index in [1.54, 1.807) is 6.92 Å². The van der Waals surface area contributed by atoms with Crippen molar-refractivity contribution in [3.63, 3.8) is 0 Å². The maximum absolute atomic E-state index is 12.4. The summed E-state index contributed by atoms with van der Waals surface area (Å²) in [6.45, 7) is 1.67. The van der Waals surface area contributed by atoms with Crippen LogP contribution in [0, 0.1) is 6.92 Å². The quantitative estimate of drug-likeness (QED) is 0.726. The maximum Gasteiger partial charge on any atom is 0.328 e. The molecule has 0 aliphatic heterocycles. The summed E-state index contributed by atoms with van der Waals surface area (Å²) in [5.41, 5.74) is 0.317. The Kier molecular flexibility index (Phi) is 3.55. The van der Waals surface area contributed by atoms with Gasteiger partial charge < -0.3 is 4.98 Å². The van der Waals surface area contributed by atoms with E-state index >= 15 is 0 Å². The molecule has 0 radical (unpaired) electrons. The molecular weight excluding hydrogens is 351 g/mol. The number of rotatable bonds is 1. The van der Waals surface area contributed by atoms with Crippen LogP contribution in [0.4, 0.5) is 0 Å². The minimum atomic E-state index is -0.520. The molecule has 0 saturated carbocycles. The van der Waals surface area contributed by atoms with E-state index in [1.165, 1.54) is 23.9 Å². The van der Waals surface area contributed by atoms with Crippen LogP contribution in [-0.4, -0.2) is 19.3 Å². The normalized spacial score (nSPS) is 11.3. The monoisotopic (exact) mass is 358 g/mol. The van der Waals surface area contributed by atoms with E-state index in [9.17, 15) is 9.59 Å². The van der Waals surface area contributed by atoms with Gasteiger partial charge in [0.2, 0.25) is 0 Å². The van der Waals surface area contributed by atoms with E-state index in [-0.39, 0.29) is 15.6 Å². The van der Waals surface area contributed by atoms with Crippen LogP contribution in [0.3, 0.4) is 0 Å². The number of halogens is 3. The molecule has 0 aliphatic rings. The molecule has 0 amide bonds. The number of benzene rings is 1. The first-order valence-electron chi connectivity index (χ1n) is 6.15. The van der Waals surface area contributed by atoms with Gasteiger partial charge in [0.05, 0.1) is 21.3 Å². The summed E-state index contributed by atoms with van der Waals surface area (Å²) in [5, 5.41) is 5.14. The van der Waals surface area contributed by atoms with E-state index in [0.717, 1.165) is 4.57 Å². The Morgan fingerprint density at radius 2 is 1.73 bits per heavy atom. The number of fused-ring (bicyclic) bond motifs is 1. The summed E-state index contributed by atoms with van der Waals surface area (Å²) < 4.78 is 2.28. The lowest BCUT2D eigenvalue weighted by Crippen LogP contribution is -2.33. The number of nitrogens with zero attached hydrogens (tertiary/aromatic N) is 3. The molecule has 22 heavy (non-hydrogen) atoms. The molecule has 9 heteroatoms. The second kappa shape index (κ2) is 5.15. The first-order chi connectivity index (χ1) is 10.3. The van der Waals surface area contributed by atoms with Crippen molar-refractivity contribution < 1.29 is 0 Å². The molecule has 0 atom stereocenters. The minimum absolute atomic E-state index is 0.186. The highest BCUT2D eigenvalue weighted by molar-refractivity contribution is 6.40. The topological polar surface area (TPSA) is 72.7 Å². The Balaban J connectivity index is 2.51. The summed E-state index contributed by atoms with van der Waals surface area (Å²) in [6.07, 6.45) is 0. The zero-order valence-electron chi connectivity index (χ0n) is 11.4. The van der Waals surface area contributed by atoms with E-state index < -0.39 is 11.2 Å². The van der Waals surface area contributed by atoms with Crippen molar-refractivity contribution in [1.29, 1.82) is 0 Å². The molecule has 114 valence electrons. The first-order valence-corrected chi connectivity index (χ1v) is 7.28. The lowest BCUT2D eigenvalue weighted by Gasteiger charge is -2.09. The van der Waals surface area contributed by atoms with Gasteiger partial charge in [0.15, 0.2) is 5.52 Å². The van der Waals surface area contributed by atoms with Gasteiger partial charge in [-0.25, -0.2) is 9.48 Å². The number of hydrogen-bond acceptors (Lipinski definition) is 3. The second-order valence-corrected chi connectivity index (χ2v) is 5.98. The van der Waals surface area contributed by atoms with Gasteiger partial charge in [-0.1, -0.05) is 34.8 Å². The van der Waals surface area contributed by atoms with Crippen LogP contribution in [0.5, 0.6) is 0 Å². The summed E-state index contributed by atoms with van der Waals surface area (Å²) in [5.74, 6) is 0. The fraction of sp³-hybridized carbons (Fsp3) is 0.154. The Morgan fingerprint density at radius 3 is 2.32 bits per heavy atom. The summed E-state index contributed by atoms with van der Waals surface area (Å²) in [7, 11) is 1.37. The summed E-state index contributed by atoms with van der Waals surface area (Å²) in [4.78, 5) is 26.8. The number of aryl methyl sites for hydroxylation is 1. The van der Waals surface area contributed by atoms with Crippen LogP contribution in [-0.2, 0) is 7.05 Å². The Bertz CT molecular complexity index is 1010. The molecule has 0 saturated heterocycles. The Labute approximate surface area is 138 Å². The molecule has 0 unspecified atom stereocenters. The van der Waals surface area contributed by atoms with Gasteiger partial charge >= 0.3 is 5.69 Å². The number of hydrogen-bond donors (Lipinski definition) is 1. The molecule has 3 rings (SSSR count). The van der Waals surface area contributed by atoms with Crippen molar-refractivity contribution in [1.82, 2.24) is 19.3 Å². The van der Waals surface area contributed by atoms with Crippen molar-refractivity contribution in [3.8, 4) is 5.69 Å². The molecule has 6 nitrogen and oxygen atoms in total. The van der Waals surface area contributed by atoms with Crippen molar-refractivity contribution in [3.05, 3.63) is 53.7 Å². The van der Waals surface area contributed by atoms with Gasteiger partial charge in [-0.2, -0.15) is 5.10 Å². The molecule has 2 aromatic heterocycles. The van der Waals surface area contributed by atoms with E-state index in [4.69, 9.17) is 34.8 Å². The fourth-order valence-electron chi connectivity index (χ4n) is 2.22. The van der Waals surface area contributed by atoms with Crippen LogP contribution >= 0.6 is 34.8 Å². The first kappa shape index (κ1) is 15.1. The van der Waals surface area contributed by atoms with Gasteiger partial charge in [0, 0.05) is 12.1 Å². The zero-order chi connectivity index (χ0) is 16.2. The predicted molar refractivity (Wildman–Crippen MR) is 86.7 cm³/mol. The maximum atomic E-state index is 12.4. The smallest absolute Gasteiger partial charge is 0.304 e. The van der Waals surface area contributed by atoms with E-state index in [1.807, 2.05) is 0 Å². The molecule has 2 heterocycles. The SMILES string of the molecule is Cc1nn(-c2c(Cl)cc(Cl)cc2Cl)c2c(=O)n(C)c(=O)[nH]c12. The van der Waals surface area contributed by atoms with Gasteiger partial charge in [0.1, 0.15) is 5.69 Å². The standard InChI is InChI=1S/C13H9Cl3N4O2/c1-5-9-11(12(21)19(2)13(22)17-9)20(18-5)10-7(15)3-6(14)4-8(10)16/h3-4H,1-2H3,(H,17,22). The van der Waals surface area contributed by atoms with Gasteiger partial charge in [0.25, 0.3) is 5.56 Å². The van der Waals surface area contributed by atoms with E-state index in [2.05, 4.69) is 10.1 Å². The molecule has 0 spiro atoms. The average Bonchev–Trinajstić information content (AvgIpc) is 2.72. The second-order valence-electron chi connectivity index (χ2n) is 4.73. The molecule has 1 N–H and O–H groups in total. The largest absolute Gasteiger partial charge is 0.328 e. The number of H-pyrrole nitrogens is 1. The number of nitrogens with one attached hydrogen (secondary N) is 1. The van der Waals surface area contributed by atoms with Gasteiger partial charge in [-0.3, -0.25) is 9.36 Å². The zero-order valence-corrected chi connectivity index (χ0v) is 13.7. The van der Waals surface area contributed by atoms with Crippen molar-refractivity contribution >= 4 is 45.8 Å². The fourth-order valence-corrected chi connectivity index (χ4v) is 3.19. The van der Waals surface area contributed by atoms with Crippen molar-refractivity contribution in [2.45, 2.75) is 6.92 Å². The van der Waals surface area contributed by atoms with Gasteiger partial charge in [-0.15, -0.1) is 0 Å². The third-order valence-corrected chi connectivity index (χ3v) is 4.09. The number of aromatic amines is 1. The third-order valence-electron chi connectivity index (χ3n) is 3.30. The highest BCUT2D eigenvalue weighted by Crippen LogP contribution is 2.33. The number of aromatic nitrogens is 4. The molecular formula is C13H9Cl3N4O2. The molecule has 1 aromatic carbocycles. The van der Waals surface area contributed by atoms with Crippen LogP contribution in [0.15, 0.2) is 21.7 Å². The minimum Gasteiger partial charge on any atom is -0.304 e. The predicted octanol–water partition coefficient (Wildman–Crippen LogP) is 2.68. The summed E-state index contributed by atoms with van der Waals surface area (Å²) in [6, 6.07) is 3.01. The lowest BCUT2D eigenvalue weighted by molar-refractivity contribution is 0.783. The molecule has 3 aromatic rings. The lowest BCUT2D eigenvalue weighted by atomic mass is 10.3. The van der Waals surface area contributed by atoms with Gasteiger partial charge in [-0.05, 0) is 19.1 Å². The van der Waals surface area contributed by atoms with Crippen molar-refractivity contribution in [2.75, 3.05) is 0 Å². The van der Waals surface area contributed by atoms with Crippen LogP contribution in [0.1, 0.15) is 5.69 Å². The van der Waals surface area contributed by atoms with E-state index in [0.29, 0.717) is 21.9 Å². The van der Waals surface area contributed by atoms with Crippen LogP contribution in [0.2, 0.25) is 15.1 Å². The molecule has 0 bridgehead atoms. The highest BCUT2D eigenvalue weighted by Gasteiger charge is 2.19. The third kappa shape index (κ3) is 2.15. The van der Waals surface area contributed by atoms with Crippen molar-refractivity contribution in [2.24, 2.45) is 7.05 Å². The molecule has 0 aliphatic carbocycles.